The molecule has 0 saturated heterocycles. The zero-order valence-corrected chi connectivity index (χ0v) is 19.4. The van der Waals surface area contributed by atoms with E-state index < -0.39 is 5.97 Å². The van der Waals surface area contributed by atoms with E-state index in [9.17, 15) is 4.79 Å². The van der Waals surface area contributed by atoms with E-state index in [4.69, 9.17) is 14.0 Å². The normalized spacial score (nSPS) is 14.1. The Kier molecular flexibility index (Phi) is 5.87. The quantitative estimate of drug-likeness (QED) is 0.307. The van der Waals surface area contributed by atoms with Gasteiger partial charge in [-0.15, -0.1) is 15.3 Å². The number of carbonyl (C=O) groups excluding carboxylic acids is 1. The molecule has 9 nitrogen and oxygen atoms in total. The fourth-order valence-corrected chi connectivity index (χ4v) is 4.30. The van der Waals surface area contributed by atoms with Gasteiger partial charge in [0.05, 0.1) is 11.7 Å². The summed E-state index contributed by atoms with van der Waals surface area (Å²) in [7, 11) is 0. The third-order valence-corrected chi connectivity index (χ3v) is 6.24. The first-order chi connectivity index (χ1) is 17.7. The molecule has 0 radical (unpaired) electrons. The first-order valence-electron chi connectivity index (χ1n) is 12.0. The molecule has 1 fully saturated rings. The van der Waals surface area contributed by atoms with E-state index in [0.29, 0.717) is 40.0 Å². The summed E-state index contributed by atoms with van der Waals surface area (Å²) in [5.74, 6) is 1.07. The van der Waals surface area contributed by atoms with Crippen molar-refractivity contribution in [3.8, 4) is 28.7 Å². The number of benzene rings is 3. The first-order valence-corrected chi connectivity index (χ1v) is 12.0. The Balaban J connectivity index is 1.12. The van der Waals surface area contributed by atoms with Crippen LogP contribution in [0.5, 0.6) is 5.75 Å². The van der Waals surface area contributed by atoms with Crippen molar-refractivity contribution in [2.45, 2.75) is 38.2 Å². The average molecular weight is 482 g/mol. The van der Waals surface area contributed by atoms with E-state index in [0.717, 1.165) is 29.0 Å². The van der Waals surface area contributed by atoms with E-state index in [1.54, 1.807) is 36.4 Å². The molecular weight excluding hydrogens is 458 g/mol. The van der Waals surface area contributed by atoms with Crippen molar-refractivity contribution in [1.82, 2.24) is 25.4 Å². The van der Waals surface area contributed by atoms with Crippen molar-refractivity contribution in [3.63, 3.8) is 0 Å². The van der Waals surface area contributed by atoms with Gasteiger partial charge in [-0.3, -0.25) is 0 Å². The molecule has 0 bridgehead atoms. The van der Waals surface area contributed by atoms with Crippen LogP contribution in [0.3, 0.4) is 0 Å². The molecule has 1 saturated carbocycles. The summed E-state index contributed by atoms with van der Waals surface area (Å²) in [5, 5.41) is 16.2. The maximum absolute atomic E-state index is 12.6. The highest BCUT2D eigenvalue weighted by Crippen LogP contribution is 2.28. The van der Waals surface area contributed by atoms with Crippen LogP contribution in [-0.4, -0.2) is 37.4 Å². The molecule has 2 aromatic heterocycles. The van der Waals surface area contributed by atoms with Gasteiger partial charge in [-0.2, -0.15) is 0 Å². The number of para-hydroxylation sites is 1. The van der Waals surface area contributed by atoms with Crippen molar-refractivity contribution in [2.75, 3.05) is 0 Å². The van der Waals surface area contributed by atoms with E-state index >= 15 is 0 Å². The van der Waals surface area contributed by atoms with E-state index in [-0.39, 0.29) is 0 Å². The molecule has 5 aromatic rings. The number of ether oxygens (including phenoxy) is 1. The molecule has 9 heteroatoms. The maximum atomic E-state index is 12.6. The lowest BCUT2D eigenvalue weighted by Gasteiger charge is -2.22. The predicted molar refractivity (Wildman–Crippen MR) is 131 cm³/mol. The minimum Gasteiger partial charge on any atom is -0.490 e. The third-order valence-electron chi connectivity index (χ3n) is 6.24. The van der Waals surface area contributed by atoms with Gasteiger partial charge >= 0.3 is 5.97 Å². The number of fused-ring (bicyclic) bond motifs is 1. The lowest BCUT2D eigenvalue weighted by atomic mass is 9.98. The lowest BCUT2D eigenvalue weighted by molar-refractivity contribution is 0.0409. The van der Waals surface area contributed by atoms with Gasteiger partial charge in [0, 0.05) is 11.1 Å². The summed E-state index contributed by atoms with van der Waals surface area (Å²) in [6.07, 6.45) is 6.29. The third kappa shape index (κ3) is 4.55. The fourth-order valence-electron chi connectivity index (χ4n) is 4.30. The monoisotopic (exact) mass is 481 g/mol. The maximum Gasteiger partial charge on any atom is 0.365 e. The molecule has 36 heavy (non-hydrogen) atoms. The molecule has 0 unspecified atom stereocenters. The molecule has 0 spiro atoms. The number of nitrogens with zero attached hydrogens (tertiary/aromatic N) is 5. The summed E-state index contributed by atoms with van der Waals surface area (Å²) in [4.78, 5) is 19.0. The number of rotatable bonds is 6. The predicted octanol–water partition coefficient (Wildman–Crippen LogP) is 5.13. The van der Waals surface area contributed by atoms with Gasteiger partial charge in [-0.25, -0.2) is 4.79 Å². The van der Waals surface area contributed by atoms with Crippen LogP contribution < -0.4 is 9.57 Å². The Labute approximate surface area is 206 Å². The van der Waals surface area contributed by atoms with E-state index in [2.05, 4.69) is 20.5 Å². The summed E-state index contributed by atoms with van der Waals surface area (Å²) >= 11 is 0. The molecule has 0 atom stereocenters. The molecule has 0 N–H and O–H groups in total. The molecule has 1 aliphatic rings. The van der Waals surface area contributed by atoms with Gasteiger partial charge in [0.25, 0.3) is 0 Å². The van der Waals surface area contributed by atoms with Gasteiger partial charge in [0.2, 0.25) is 11.8 Å². The molecule has 2 heterocycles. The molecule has 0 aliphatic heterocycles. The summed E-state index contributed by atoms with van der Waals surface area (Å²) < 4.78 is 12.0. The van der Waals surface area contributed by atoms with Gasteiger partial charge in [-0.05, 0) is 91.6 Å². The molecule has 6 rings (SSSR count). The van der Waals surface area contributed by atoms with Gasteiger partial charge in [-0.1, -0.05) is 23.4 Å². The summed E-state index contributed by atoms with van der Waals surface area (Å²) in [5.41, 5.74) is 3.10. The highest BCUT2D eigenvalue weighted by molar-refractivity contribution is 5.90. The first kappa shape index (κ1) is 22.0. The van der Waals surface area contributed by atoms with Gasteiger partial charge in [0.15, 0.2) is 0 Å². The van der Waals surface area contributed by atoms with Crippen molar-refractivity contribution in [3.05, 3.63) is 78.4 Å². The number of hydrogen-bond acceptors (Lipinski definition) is 8. The highest BCUT2D eigenvalue weighted by Gasteiger charge is 2.17. The summed E-state index contributed by atoms with van der Waals surface area (Å²) in [6, 6.07) is 21.7. The molecule has 3 aromatic carbocycles. The minimum absolute atomic E-state index is 0.301. The average Bonchev–Trinajstić information content (AvgIpc) is 3.58. The highest BCUT2D eigenvalue weighted by atomic mass is 16.7. The minimum atomic E-state index is -0.557. The fraction of sp³-hybridized carbons (Fsp3) is 0.222. The Morgan fingerprint density at radius 2 is 1.47 bits per heavy atom. The van der Waals surface area contributed by atoms with Crippen LogP contribution in [0.2, 0.25) is 0 Å². The number of carbonyl (C=O) groups is 1. The largest absolute Gasteiger partial charge is 0.490 e. The van der Waals surface area contributed by atoms with Crippen molar-refractivity contribution < 1.29 is 18.8 Å². The van der Waals surface area contributed by atoms with E-state index in [1.165, 1.54) is 19.3 Å². The van der Waals surface area contributed by atoms with Crippen LogP contribution in [0.15, 0.2) is 77.2 Å². The van der Waals surface area contributed by atoms with Crippen molar-refractivity contribution >= 4 is 17.0 Å². The molecular formula is C27H23N5O4. The topological polar surface area (TPSA) is 105 Å². The smallest absolute Gasteiger partial charge is 0.365 e. The number of hydrogen-bond donors (Lipinski definition) is 0. The Bertz CT molecular complexity index is 1480. The lowest BCUT2D eigenvalue weighted by Crippen LogP contribution is -2.20. The van der Waals surface area contributed by atoms with Crippen LogP contribution >= 0.6 is 0 Å². The van der Waals surface area contributed by atoms with Gasteiger partial charge in [0.1, 0.15) is 16.8 Å². The second-order valence-electron chi connectivity index (χ2n) is 8.72. The molecule has 0 amide bonds. The van der Waals surface area contributed by atoms with Crippen molar-refractivity contribution in [2.24, 2.45) is 0 Å². The summed E-state index contributed by atoms with van der Waals surface area (Å²) in [6.45, 7) is 0. The SMILES string of the molecule is O=C(On1nnc2ccccc21)c1ccc(-c2nnc(-c3ccc(OC4CCCCC4)cc3)o2)cc1. The molecule has 180 valence electrons. The molecule has 1 aliphatic carbocycles. The van der Waals surface area contributed by atoms with Crippen LogP contribution in [-0.2, 0) is 0 Å². The Morgan fingerprint density at radius 3 is 2.19 bits per heavy atom. The standard InChI is InChI=1S/C27H23N5O4/c33-27(36-32-24-9-5-4-8-23(24)28-31-32)20-12-10-18(11-13-20)25-29-30-26(35-25)19-14-16-22(17-15-19)34-21-6-2-1-3-7-21/h4-5,8-17,21H,1-3,6-7H2. The Hall–Kier alpha value is -4.53. The Morgan fingerprint density at radius 1 is 0.806 bits per heavy atom. The van der Waals surface area contributed by atoms with Crippen LogP contribution in [0.1, 0.15) is 42.5 Å². The second kappa shape index (κ2) is 9.61. The van der Waals surface area contributed by atoms with Crippen LogP contribution in [0.4, 0.5) is 0 Å². The van der Waals surface area contributed by atoms with E-state index in [1.807, 2.05) is 36.4 Å². The zero-order chi connectivity index (χ0) is 24.3. The van der Waals surface area contributed by atoms with Crippen LogP contribution in [0.25, 0.3) is 33.9 Å². The second-order valence-corrected chi connectivity index (χ2v) is 8.72. The van der Waals surface area contributed by atoms with Crippen molar-refractivity contribution in [1.29, 1.82) is 0 Å². The van der Waals surface area contributed by atoms with Gasteiger partial charge < -0.3 is 14.0 Å². The van der Waals surface area contributed by atoms with Crippen LogP contribution in [0, 0.1) is 0 Å². The number of aromatic nitrogens is 5. The zero-order valence-electron chi connectivity index (χ0n) is 19.4.